The average Bonchev–Trinajstić information content (AvgIpc) is 2.43. The minimum absolute atomic E-state index is 0.422. The summed E-state index contributed by atoms with van der Waals surface area (Å²) in [4.78, 5) is 4.73. The number of piperidine rings is 1. The van der Waals surface area contributed by atoms with E-state index in [0.717, 1.165) is 23.0 Å². The van der Waals surface area contributed by atoms with Gasteiger partial charge in [-0.15, -0.1) is 0 Å². The standard InChI is InChI=1S/C15H18N2O/c18-15-13(11-17-9-2-1-3-10-17)7-6-12-5-4-8-16-14(12)15/h4-8,18H,1-3,9-11H2/p+2. The number of aromatic nitrogens is 1. The molecule has 3 rings (SSSR count). The molecule has 3 nitrogen and oxygen atoms in total. The van der Waals surface area contributed by atoms with Crippen molar-refractivity contribution in [3.63, 3.8) is 0 Å². The summed E-state index contributed by atoms with van der Waals surface area (Å²) in [6.45, 7) is 3.40. The number of phenols is 1. The van der Waals surface area contributed by atoms with Crippen LogP contribution in [0.5, 0.6) is 5.75 Å². The van der Waals surface area contributed by atoms with Crippen LogP contribution in [0.4, 0.5) is 0 Å². The number of likely N-dealkylation sites (tertiary alicyclic amines) is 1. The maximum Gasteiger partial charge on any atom is 0.253 e. The highest BCUT2D eigenvalue weighted by molar-refractivity contribution is 5.82. The van der Waals surface area contributed by atoms with E-state index in [1.165, 1.54) is 32.4 Å². The maximum atomic E-state index is 10.3. The van der Waals surface area contributed by atoms with E-state index in [0.29, 0.717) is 5.75 Å². The number of fused-ring (bicyclic) bond motifs is 1. The molecule has 1 aliphatic rings. The first kappa shape index (κ1) is 11.5. The number of hydrogen-bond donors (Lipinski definition) is 2. The monoisotopic (exact) mass is 244 g/mol. The normalized spacial score (nSPS) is 17.1. The number of nitrogens with one attached hydrogen (secondary N) is 2. The van der Waals surface area contributed by atoms with E-state index in [2.05, 4.69) is 17.1 Å². The maximum absolute atomic E-state index is 10.3. The summed E-state index contributed by atoms with van der Waals surface area (Å²) in [7, 11) is 0. The van der Waals surface area contributed by atoms with Crippen molar-refractivity contribution in [2.45, 2.75) is 25.8 Å². The van der Waals surface area contributed by atoms with E-state index in [4.69, 9.17) is 0 Å². The van der Waals surface area contributed by atoms with Crippen LogP contribution in [0.3, 0.4) is 0 Å². The van der Waals surface area contributed by atoms with E-state index >= 15 is 0 Å². The Morgan fingerprint density at radius 3 is 2.78 bits per heavy atom. The Labute approximate surface area is 107 Å². The van der Waals surface area contributed by atoms with Crippen molar-refractivity contribution in [3.8, 4) is 5.75 Å². The van der Waals surface area contributed by atoms with Gasteiger partial charge in [-0.2, -0.15) is 0 Å². The second-order valence-electron chi connectivity index (χ2n) is 5.20. The first-order valence-electron chi connectivity index (χ1n) is 6.79. The van der Waals surface area contributed by atoms with E-state index in [1.54, 1.807) is 4.90 Å². The molecule has 0 aliphatic carbocycles. The van der Waals surface area contributed by atoms with Gasteiger partial charge in [0.15, 0.2) is 11.9 Å². The zero-order valence-corrected chi connectivity index (χ0v) is 10.6. The van der Waals surface area contributed by atoms with Crippen LogP contribution in [0.15, 0.2) is 30.5 Å². The third-order valence-electron chi connectivity index (χ3n) is 3.89. The molecule has 1 saturated heterocycles. The molecule has 1 aliphatic heterocycles. The number of H-pyrrole nitrogens is 1. The van der Waals surface area contributed by atoms with Gasteiger partial charge in [-0.1, -0.05) is 0 Å². The number of phenolic OH excluding ortho intramolecular Hbond substituents is 1. The van der Waals surface area contributed by atoms with Crippen LogP contribution in [0.2, 0.25) is 0 Å². The summed E-state index contributed by atoms with van der Waals surface area (Å²) in [5.74, 6) is 0.422. The lowest BCUT2D eigenvalue weighted by molar-refractivity contribution is -0.918. The van der Waals surface area contributed by atoms with Crippen LogP contribution in [0.25, 0.3) is 10.9 Å². The molecule has 94 valence electrons. The van der Waals surface area contributed by atoms with E-state index in [9.17, 15) is 5.11 Å². The van der Waals surface area contributed by atoms with Crippen molar-refractivity contribution in [1.82, 2.24) is 0 Å². The highest BCUT2D eigenvalue weighted by atomic mass is 16.3. The first-order chi connectivity index (χ1) is 8.84. The van der Waals surface area contributed by atoms with E-state index in [-0.39, 0.29) is 0 Å². The lowest BCUT2D eigenvalue weighted by atomic mass is 10.1. The molecule has 0 amide bonds. The number of rotatable bonds is 2. The van der Waals surface area contributed by atoms with Crippen LogP contribution in [0, 0.1) is 0 Å². The molecular formula is C15H20N2O+2. The third-order valence-corrected chi connectivity index (χ3v) is 3.89. The smallest absolute Gasteiger partial charge is 0.253 e. The van der Waals surface area contributed by atoms with Crippen molar-refractivity contribution in [2.24, 2.45) is 0 Å². The number of aromatic hydroxyl groups is 1. The predicted octanol–water partition coefficient (Wildman–Crippen LogP) is 0.928. The fourth-order valence-electron chi connectivity index (χ4n) is 2.86. The number of pyridine rings is 1. The molecule has 1 aromatic carbocycles. The Bertz CT molecular complexity index is 547. The third kappa shape index (κ3) is 2.18. The zero-order valence-electron chi connectivity index (χ0n) is 10.6. The Balaban J connectivity index is 1.89. The van der Waals surface area contributed by atoms with E-state index < -0.39 is 0 Å². The van der Waals surface area contributed by atoms with Crippen LogP contribution in [-0.4, -0.2) is 18.2 Å². The predicted molar refractivity (Wildman–Crippen MR) is 70.4 cm³/mol. The van der Waals surface area contributed by atoms with Gasteiger partial charge in [0.2, 0.25) is 0 Å². The molecule has 0 radical (unpaired) electrons. The molecule has 0 atom stereocenters. The lowest BCUT2D eigenvalue weighted by Gasteiger charge is -2.23. The molecule has 3 N–H and O–H groups in total. The minimum Gasteiger partial charge on any atom is -0.502 e. The summed E-state index contributed by atoms with van der Waals surface area (Å²) in [5, 5.41) is 11.4. The number of benzene rings is 1. The molecular weight excluding hydrogens is 224 g/mol. The van der Waals surface area contributed by atoms with Crippen LogP contribution in [0.1, 0.15) is 24.8 Å². The highest BCUT2D eigenvalue weighted by Crippen LogP contribution is 2.24. The molecule has 3 heteroatoms. The largest absolute Gasteiger partial charge is 0.502 e. The molecule has 2 aromatic rings. The molecule has 18 heavy (non-hydrogen) atoms. The van der Waals surface area contributed by atoms with Gasteiger partial charge in [0.25, 0.3) is 5.52 Å². The molecule has 0 spiro atoms. The highest BCUT2D eigenvalue weighted by Gasteiger charge is 2.18. The van der Waals surface area contributed by atoms with Crippen molar-refractivity contribution in [3.05, 3.63) is 36.0 Å². The number of aromatic amines is 1. The number of hydrogen-bond acceptors (Lipinski definition) is 1. The van der Waals surface area contributed by atoms with Crippen LogP contribution in [-0.2, 0) is 6.54 Å². The van der Waals surface area contributed by atoms with Crippen LogP contribution < -0.4 is 9.88 Å². The van der Waals surface area contributed by atoms with Gasteiger partial charge in [-0.05, 0) is 37.5 Å². The molecule has 0 bridgehead atoms. The van der Waals surface area contributed by atoms with Crippen molar-refractivity contribution < 1.29 is 15.0 Å². The minimum atomic E-state index is 0.422. The van der Waals surface area contributed by atoms with Gasteiger partial charge in [0.1, 0.15) is 6.54 Å². The molecule has 2 heterocycles. The molecule has 1 aromatic heterocycles. The first-order valence-corrected chi connectivity index (χ1v) is 6.79. The van der Waals surface area contributed by atoms with Gasteiger partial charge in [0, 0.05) is 6.07 Å². The van der Waals surface area contributed by atoms with Crippen molar-refractivity contribution in [2.75, 3.05) is 13.1 Å². The number of quaternary nitrogens is 1. The second-order valence-corrected chi connectivity index (χ2v) is 5.20. The van der Waals surface area contributed by atoms with Crippen molar-refractivity contribution in [1.29, 1.82) is 0 Å². The second kappa shape index (κ2) is 4.94. The lowest BCUT2D eigenvalue weighted by Crippen LogP contribution is -3.11. The van der Waals surface area contributed by atoms with Gasteiger partial charge in [-0.25, -0.2) is 4.98 Å². The quantitative estimate of drug-likeness (QED) is 0.810. The molecule has 0 saturated carbocycles. The summed E-state index contributed by atoms with van der Waals surface area (Å²) in [6.07, 6.45) is 5.85. The fourth-order valence-corrected chi connectivity index (χ4v) is 2.86. The Hall–Kier alpha value is -1.61. The average molecular weight is 244 g/mol. The van der Waals surface area contributed by atoms with Gasteiger partial charge < -0.3 is 10.0 Å². The zero-order chi connectivity index (χ0) is 12.4. The summed E-state index contributed by atoms with van der Waals surface area (Å²) >= 11 is 0. The summed E-state index contributed by atoms with van der Waals surface area (Å²) in [5.41, 5.74) is 1.91. The van der Waals surface area contributed by atoms with Crippen LogP contribution >= 0.6 is 0 Å². The summed E-state index contributed by atoms with van der Waals surface area (Å²) in [6, 6.07) is 8.12. The van der Waals surface area contributed by atoms with Gasteiger partial charge >= 0.3 is 0 Å². The van der Waals surface area contributed by atoms with Gasteiger partial charge in [-0.3, -0.25) is 0 Å². The topological polar surface area (TPSA) is 38.8 Å². The SMILES string of the molecule is Oc1c(C[NH+]2CCCCC2)ccc2ccc[nH+]c12. The Morgan fingerprint density at radius 1 is 1.11 bits per heavy atom. The fraction of sp³-hybridized carbons (Fsp3) is 0.400. The summed E-state index contributed by atoms with van der Waals surface area (Å²) < 4.78 is 0. The van der Waals surface area contributed by atoms with Gasteiger partial charge in [0.05, 0.1) is 24.0 Å². The van der Waals surface area contributed by atoms with E-state index in [1.807, 2.05) is 18.3 Å². The molecule has 1 fully saturated rings. The Kier molecular flexibility index (Phi) is 3.15. The molecule has 0 unspecified atom stereocenters. The Morgan fingerprint density at radius 2 is 1.94 bits per heavy atom. The van der Waals surface area contributed by atoms with Crippen molar-refractivity contribution >= 4 is 10.9 Å².